The van der Waals surface area contributed by atoms with Gasteiger partial charge in [0.1, 0.15) is 0 Å². The van der Waals surface area contributed by atoms with E-state index in [2.05, 4.69) is 16.2 Å². The number of anilines is 1. The molecule has 3 N–H and O–H groups in total. The molecular formula is C24H21N3O3. The first-order valence-corrected chi connectivity index (χ1v) is 9.77. The van der Waals surface area contributed by atoms with Gasteiger partial charge in [0.2, 0.25) is 5.91 Å². The molecule has 4 rings (SSSR count). The molecule has 3 aromatic rings. The minimum atomic E-state index is -0.440. The molecule has 0 radical (unpaired) electrons. The van der Waals surface area contributed by atoms with Crippen molar-refractivity contribution in [2.75, 3.05) is 5.32 Å². The van der Waals surface area contributed by atoms with E-state index in [4.69, 9.17) is 0 Å². The summed E-state index contributed by atoms with van der Waals surface area (Å²) in [5.74, 6) is -0.719. The second-order valence-corrected chi connectivity index (χ2v) is 7.19. The van der Waals surface area contributed by atoms with Crippen molar-refractivity contribution in [1.82, 2.24) is 10.9 Å². The van der Waals surface area contributed by atoms with Crippen LogP contribution < -0.4 is 16.2 Å². The lowest BCUT2D eigenvalue weighted by Crippen LogP contribution is -2.41. The summed E-state index contributed by atoms with van der Waals surface area (Å²) in [6.07, 6.45) is 1.86. The fourth-order valence-electron chi connectivity index (χ4n) is 3.00. The number of hydrazine groups is 1. The van der Waals surface area contributed by atoms with Gasteiger partial charge >= 0.3 is 0 Å². The number of carbonyl (C=O) groups excluding carboxylic acids is 3. The summed E-state index contributed by atoms with van der Waals surface area (Å²) in [6.45, 7) is 0. The van der Waals surface area contributed by atoms with Crippen molar-refractivity contribution in [3.8, 4) is 11.1 Å². The summed E-state index contributed by atoms with van der Waals surface area (Å²) in [4.78, 5) is 36.3. The molecular weight excluding hydrogens is 378 g/mol. The lowest BCUT2D eigenvalue weighted by molar-refractivity contribution is -0.117. The number of hydrogen-bond acceptors (Lipinski definition) is 3. The summed E-state index contributed by atoms with van der Waals surface area (Å²) in [5, 5.41) is 2.82. The van der Waals surface area contributed by atoms with Crippen LogP contribution in [0.25, 0.3) is 11.1 Å². The normalized spacial score (nSPS) is 12.7. The molecule has 3 amide bonds. The van der Waals surface area contributed by atoms with Gasteiger partial charge in [0.25, 0.3) is 11.8 Å². The van der Waals surface area contributed by atoms with Gasteiger partial charge in [-0.2, -0.15) is 0 Å². The van der Waals surface area contributed by atoms with Gasteiger partial charge in [-0.05, 0) is 60.4 Å². The lowest BCUT2D eigenvalue weighted by Gasteiger charge is -2.09. The maximum atomic E-state index is 12.3. The van der Waals surface area contributed by atoms with Crippen molar-refractivity contribution >= 4 is 23.4 Å². The summed E-state index contributed by atoms with van der Waals surface area (Å²) in [5.41, 5.74) is 8.35. The summed E-state index contributed by atoms with van der Waals surface area (Å²) in [6, 6.07) is 23.5. The molecule has 150 valence electrons. The van der Waals surface area contributed by atoms with Crippen LogP contribution in [0.15, 0.2) is 78.9 Å². The van der Waals surface area contributed by atoms with E-state index in [1.165, 1.54) is 0 Å². The van der Waals surface area contributed by atoms with E-state index in [0.29, 0.717) is 16.8 Å². The van der Waals surface area contributed by atoms with Crippen LogP contribution in [0.4, 0.5) is 5.69 Å². The van der Waals surface area contributed by atoms with Gasteiger partial charge in [-0.25, -0.2) is 0 Å². The molecule has 0 heterocycles. The average molecular weight is 399 g/mol. The molecule has 0 saturated heterocycles. The molecule has 3 aromatic carbocycles. The van der Waals surface area contributed by atoms with Crippen LogP contribution in [0.2, 0.25) is 0 Å². The summed E-state index contributed by atoms with van der Waals surface area (Å²) < 4.78 is 0. The van der Waals surface area contributed by atoms with Crippen molar-refractivity contribution in [2.45, 2.75) is 12.8 Å². The molecule has 0 aliphatic heterocycles. The maximum Gasteiger partial charge on any atom is 0.269 e. The van der Waals surface area contributed by atoms with E-state index in [1.54, 1.807) is 36.4 Å². The summed E-state index contributed by atoms with van der Waals surface area (Å²) in [7, 11) is 0. The van der Waals surface area contributed by atoms with Gasteiger partial charge in [0, 0.05) is 22.7 Å². The second kappa shape index (κ2) is 8.61. The zero-order chi connectivity index (χ0) is 20.9. The molecule has 0 bridgehead atoms. The van der Waals surface area contributed by atoms with Gasteiger partial charge < -0.3 is 5.32 Å². The van der Waals surface area contributed by atoms with Crippen molar-refractivity contribution < 1.29 is 14.4 Å². The minimum Gasteiger partial charge on any atom is -0.326 e. The van der Waals surface area contributed by atoms with Crippen molar-refractivity contribution in [2.24, 2.45) is 5.92 Å². The van der Waals surface area contributed by atoms with Crippen molar-refractivity contribution in [3.05, 3.63) is 90.0 Å². The minimum absolute atomic E-state index is 0.0118. The summed E-state index contributed by atoms with van der Waals surface area (Å²) >= 11 is 0. The number of nitrogens with one attached hydrogen (secondary N) is 3. The van der Waals surface area contributed by atoms with Gasteiger partial charge in [-0.15, -0.1) is 0 Å². The molecule has 1 saturated carbocycles. The Balaban J connectivity index is 1.31. The highest BCUT2D eigenvalue weighted by Crippen LogP contribution is 2.30. The molecule has 6 heteroatoms. The standard InChI is InChI=1S/C24H21N3O3/c28-22(18-10-11-18)25-21-14-12-20(13-15-21)24(30)27-26-23(29)19-8-6-17(7-9-19)16-4-2-1-3-5-16/h1-9,12-15,18H,10-11H2,(H,25,28)(H,26,29)(H,27,30). The van der Waals surface area contributed by atoms with E-state index in [1.807, 2.05) is 42.5 Å². The van der Waals surface area contributed by atoms with E-state index in [0.717, 1.165) is 24.0 Å². The number of carbonyl (C=O) groups is 3. The Morgan fingerprint density at radius 1 is 0.633 bits per heavy atom. The Labute approximate surface area is 174 Å². The third-order valence-electron chi connectivity index (χ3n) is 4.91. The monoisotopic (exact) mass is 399 g/mol. The van der Waals surface area contributed by atoms with E-state index in [9.17, 15) is 14.4 Å². The average Bonchev–Trinajstić information content (AvgIpc) is 3.64. The quantitative estimate of drug-likeness (QED) is 0.571. The topological polar surface area (TPSA) is 87.3 Å². The van der Waals surface area contributed by atoms with Gasteiger partial charge in [0.05, 0.1) is 0 Å². The first-order valence-electron chi connectivity index (χ1n) is 9.77. The Morgan fingerprint density at radius 2 is 1.13 bits per heavy atom. The van der Waals surface area contributed by atoms with Crippen LogP contribution in [0.3, 0.4) is 0 Å². The lowest BCUT2D eigenvalue weighted by atomic mass is 10.0. The van der Waals surface area contributed by atoms with Crippen molar-refractivity contribution in [3.63, 3.8) is 0 Å². The van der Waals surface area contributed by atoms with Gasteiger partial charge in [0.15, 0.2) is 0 Å². The Hall–Kier alpha value is -3.93. The molecule has 1 aliphatic carbocycles. The first kappa shape index (κ1) is 19.4. The Morgan fingerprint density at radius 3 is 1.67 bits per heavy atom. The predicted molar refractivity (Wildman–Crippen MR) is 115 cm³/mol. The van der Waals surface area contributed by atoms with Crippen LogP contribution in [0.1, 0.15) is 33.6 Å². The van der Waals surface area contributed by atoms with Gasteiger partial charge in [-0.3, -0.25) is 25.2 Å². The number of benzene rings is 3. The largest absolute Gasteiger partial charge is 0.326 e. The highest BCUT2D eigenvalue weighted by molar-refractivity contribution is 6.00. The van der Waals surface area contributed by atoms with E-state index in [-0.39, 0.29) is 11.8 Å². The molecule has 1 aliphatic rings. The molecule has 30 heavy (non-hydrogen) atoms. The molecule has 0 atom stereocenters. The molecule has 0 unspecified atom stereocenters. The molecule has 0 aromatic heterocycles. The molecule has 0 spiro atoms. The van der Waals surface area contributed by atoms with Crippen LogP contribution in [0.5, 0.6) is 0 Å². The zero-order valence-electron chi connectivity index (χ0n) is 16.2. The second-order valence-electron chi connectivity index (χ2n) is 7.19. The maximum absolute atomic E-state index is 12.3. The fraction of sp³-hybridized carbons (Fsp3) is 0.125. The Bertz CT molecular complexity index is 1060. The molecule has 1 fully saturated rings. The highest BCUT2D eigenvalue weighted by atomic mass is 16.2. The van der Waals surface area contributed by atoms with Crippen LogP contribution >= 0.6 is 0 Å². The third kappa shape index (κ3) is 4.72. The highest BCUT2D eigenvalue weighted by Gasteiger charge is 2.29. The SMILES string of the molecule is O=C(NNC(=O)c1ccc(-c2ccccc2)cc1)c1ccc(NC(=O)C2CC2)cc1. The van der Waals surface area contributed by atoms with Crippen molar-refractivity contribution in [1.29, 1.82) is 0 Å². The van der Waals surface area contributed by atoms with Gasteiger partial charge in [-0.1, -0.05) is 42.5 Å². The third-order valence-corrected chi connectivity index (χ3v) is 4.91. The van der Waals surface area contributed by atoms with Crippen LogP contribution in [-0.2, 0) is 4.79 Å². The molecule has 6 nitrogen and oxygen atoms in total. The first-order chi connectivity index (χ1) is 14.6. The fourth-order valence-corrected chi connectivity index (χ4v) is 3.00. The predicted octanol–water partition coefficient (Wildman–Crippen LogP) is 3.78. The number of hydrogen-bond donors (Lipinski definition) is 3. The van der Waals surface area contributed by atoms with Crippen LogP contribution in [0, 0.1) is 5.92 Å². The Kier molecular flexibility index (Phi) is 5.57. The smallest absolute Gasteiger partial charge is 0.269 e. The number of amides is 3. The van der Waals surface area contributed by atoms with Crippen LogP contribution in [-0.4, -0.2) is 17.7 Å². The van der Waals surface area contributed by atoms with E-state index < -0.39 is 11.8 Å². The number of rotatable bonds is 5. The van der Waals surface area contributed by atoms with E-state index >= 15 is 0 Å². The zero-order valence-corrected chi connectivity index (χ0v) is 16.2.